The molecule has 0 amide bonds. The number of aromatic nitrogens is 4. The second kappa shape index (κ2) is 8.37. The fraction of sp³-hybridized carbons (Fsp3) is 0.278. The minimum Gasteiger partial charge on any atom is -0.308 e. The highest BCUT2D eigenvalue weighted by Gasteiger charge is 2.15. The Labute approximate surface area is 155 Å². The van der Waals surface area contributed by atoms with E-state index in [0.29, 0.717) is 6.54 Å². The van der Waals surface area contributed by atoms with E-state index in [1.807, 2.05) is 28.6 Å². The van der Waals surface area contributed by atoms with Crippen LogP contribution in [0.5, 0.6) is 0 Å². The molecule has 2 heterocycles. The van der Waals surface area contributed by atoms with E-state index in [2.05, 4.69) is 15.2 Å². The minimum absolute atomic E-state index is 0.0597. The topological polar surface area (TPSA) is 46.8 Å². The fourth-order valence-electron chi connectivity index (χ4n) is 2.49. The van der Waals surface area contributed by atoms with E-state index in [1.54, 1.807) is 31.2 Å². The van der Waals surface area contributed by atoms with Crippen LogP contribution in [-0.4, -0.2) is 31.7 Å². The molecule has 0 unspecified atom stereocenters. The van der Waals surface area contributed by atoms with E-state index in [-0.39, 0.29) is 12.1 Å². The molecule has 3 rings (SSSR count). The molecule has 5 nitrogen and oxygen atoms in total. The number of thioether (sulfide) groups is 1. The summed E-state index contributed by atoms with van der Waals surface area (Å²) in [6.07, 6.45) is 3.52. The summed E-state index contributed by atoms with van der Waals surface area (Å²) in [5.41, 5.74) is 1.21. The molecule has 0 spiro atoms. The molecule has 0 aliphatic rings. The molecule has 1 aromatic carbocycles. The monoisotopic (exact) mass is 375 g/mol. The first-order chi connectivity index (χ1) is 12.5. The largest absolute Gasteiger partial charge is 0.308 e. The third-order valence-electron chi connectivity index (χ3n) is 3.94. The van der Waals surface area contributed by atoms with Gasteiger partial charge in [0.15, 0.2) is 5.16 Å². The molecule has 0 saturated carbocycles. The number of hydrogen-bond donors (Lipinski definition) is 0. The van der Waals surface area contributed by atoms with Crippen molar-refractivity contribution >= 4 is 11.8 Å². The van der Waals surface area contributed by atoms with Crippen molar-refractivity contribution in [3.8, 4) is 0 Å². The van der Waals surface area contributed by atoms with E-state index in [9.17, 15) is 8.78 Å². The van der Waals surface area contributed by atoms with Gasteiger partial charge in [-0.3, -0.25) is 9.88 Å². The molecule has 0 fully saturated rings. The van der Waals surface area contributed by atoms with Crippen molar-refractivity contribution in [2.45, 2.75) is 24.0 Å². The molecule has 2 aromatic heterocycles. The maximum absolute atomic E-state index is 13.8. The SMILES string of the molecule is CN(Cc1c(F)cccc1F)Cc1nnc(SCc2ccncc2)n1C. The Balaban J connectivity index is 1.62. The first-order valence-electron chi connectivity index (χ1n) is 8.06. The zero-order valence-corrected chi connectivity index (χ0v) is 15.4. The molecular formula is C18H19F2N5S. The third kappa shape index (κ3) is 4.44. The van der Waals surface area contributed by atoms with Crippen LogP contribution in [-0.2, 0) is 25.9 Å². The highest BCUT2D eigenvalue weighted by atomic mass is 32.2. The van der Waals surface area contributed by atoms with Gasteiger partial charge in [0, 0.05) is 37.3 Å². The summed E-state index contributed by atoms with van der Waals surface area (Å²) >= 11 is 1.58. The lowest BCUT2D eigenvalue weighted by atomic mass is 10.2. The number of halogens is 2. The Hall–Kier alpha value is -2.32. The van der Waals surface area contributed by atoms with Crippen LogP contribution >= 0.6 is 11.8 Å². The van der Waals surface area contributed by atoms with Crippen LogP contribution in [0.4, 0.5) is 8.78 Å². The highest BCUT2D eigenvalue weighted by Crippen LogP contribution is 2.21. The van der Waals surface area contributed by atoms with E-state index < -0.39 is 11.6 Å². The lowest BCUT2D eigenvalue weighted by molar-refractivity contribution is 0.295. The molecule has 3 aromatic rings. The molecule has 0 saturated heterocycles. The second-order valence-electron chi connectivity index (χ2n) is 5.97. The van der Waals surface area contributed by atoms with Gasteiger partial charge >= 0.3 is 0 Å². The van der Waals surface area contributed by atoms with E-state index >= 15 is 0 Å². The maximum atomic E-state index is 13.8. The van der Waals surface area contributed by atoms with Crippen molar-refractivity contribution in [2.75, 3.05) is 7.05 Å². The summed E-state index contributed by atoms with van der Waals surface area (Å²) in [6, 6.07) is 7.82. The molecule has 0 aliphatic heterocycles. The molecule has 26 heavy (non-hydrogen) atoms. The van der Waals surface area contributed by atoms with Gasteiger partial charge in [-0.15, -0.1) is 10.2 Å². The Morgan fingerprint density at radius 2 is 1.73 bits per heavy atom. The summed E-state index contributed by atoms with van der Waals surface area (Å²) in [7, 11) is 3.69. The quantitative estimate of drug-likeness (QED) is 0.592. The van der Waals surface area contributed by atoms with Gasteiger partial charge in [0.1, 0.15) is 17.5 Å². The number of pyridine rings is 1. The minimum atomic E-state index is -0.539. The molecular weight excluding hydrogens is 356 g/mol. The predicted octanol–water partition coefficient (Wildman–Crippen LogP) is 3.41. The summed E-state index contributed by atoms with van der Waals surface area (Å²) < 4.78 is 29.5. The van der Waals surface area contributed by atoms with Gasteiger partial charge < -0.3 is 4.57 Å². The summed E-state index contributed by atoms with van der Waals surface area (Å²) in [6.45, 7) is 0.595. The zero-order chi connectivity index (χ0) is 18.5. The highest BCUT2D eigenvalue weighted by molar-refractivity contribution is 7.98. The van der Waals surface area contributed by atoms with Gasteiger partial charge in [-0.25, -0.2) is 8.78 Å². The number of nitrogens with zero attached hydrogens (tertiary/aromatic N) is 5. The van der Waals surface area contributed by atoms with Gasteiger partial charge in [-0.2, -0.15) is 0 Å². The average molecular weight is 375 g/mol. The Kier molecular flexibility index (Phi) is 5.95. The van der Waals surface area contributed by atoms with Gasteiger partial charge in [-0.05, 0) is 36.9 Å². The Morgan fingerprint density at radius 1 is 1.04 bits per heavy atom. The van der Waals surface area contributed by atoms with Crippen LogP contribution in [0.25, 0.3) is 0 Å². The smallest absolute Gasteiger partial charge is 0.191 e. The van der Waals surface area contributed by atoms with E-state index in [1.165, 1.54) is 18.2 Å². The molecule has 0 radical (unpaired) electrons. The van der Waals surface area contributed by atoms with Gasteiger partial charge in [0.05, 0.1) is 6.54 Å². The van der Waals surface area contributed by atoms with E-state index in [4.69, 9.17) is 0 Å². The number of rotatable bonds is 7. The first-order valence-corrected chi connectivity index (χ1v) is 9.04. The van der Waals surface area contributed by atoms with Crippen molar-refractivity contribution < 1.29 is 8.78 Å². The van der Waals surface area contributed by atoms with Gasteiger partial charge in [0.2, 0.25) is 0 Å². The van der Waals surface area contributed by atoms with Crippen LogP contribution < -0.4 is 0 Å². The summed E-state index contributed by atoms with van der Waals surface area (Å²) in [5.74, 6) is 0.429. The fourth-order valence-corrected chi connectivity index (χ4v) is 3.37. The van der Waals surface area contributed by atoms with Crippen molar-refractivity contribution in [1.82, 2.24) is 24.6 Å². The third-order valence-corrected chi connectivity index (χ3v) is 5.03. The van der Waals surface area contributed by atoms with Crippen LogP contribution in [0, 0.1) is 11.6 Å². The normalized spacial score (nSPS) is 11.3. The average Bonchev–Trinajstić information content (AvgIpc) is 2.97. The molecule has 136 valence electrons. The van der Waals surface area contributed by atoms with Crippen molar-refractivity contribution in [3.05, 3.63) is 71.3 Å². The van der Waals surface area contributed by atoms with Crippen LogP contribution in [0.15, 0.2) is 47.9 Å². The second-order valence-corrected chi connectivity index (χ2v) is 6.92. The molecule has 0 bridgehead atoms. The van der Waals surface area contributed by atoms with Crippen molar-refractivity contribution in [3.63, 3.8) is 0 Å². The Morgan fingerprint density at radius 3 is 2.42 bits per heavy atom. The van der Waals surface area contributed by atoms with Crippen molar-refractivity contribution in [2.24, 2.45) is 7.05 Å². The molecule has 8 heteroatoms. The molecule has 0 N–H and O–H groups in total. The number of hydrogen-bond acceptors (Lipinski definition) is 5. The van der Waals surface area contributed by atoms with Crippen LogP contribution in [0.1, 0.15) is 17.0 Å². The van der Waals surface area contributed by atoms with Crippen molar-refractivity contribution in [1.29, 1.82) is 0 Å². The van der Waals surface area contributed by atoms with Crippen LogP contribution in [0.3, 0.4) is 0 Å². The number of benzene rings is 1. The van der Waals surface area contributed by atoms with Gasteiger partial charge in [-0.1, -0.05) is 17.8 Å². The zero-order valence-electron chi connectivity index (χ0n) is 14.6. The Bertz CT molecular complexity index is 849. The van der Waals surface area contributed by atoms with Crippen LogP contribution in [0.2, 0.25) is 0 Å². The lowest BCUT2D eigenvalue weighted by Crippen LogP contribution is -2.21. The summed E-state index contributed by atoms with van der Waals surface area (Å²) in [4.78, 5) is 5.81. The van der Waals surface area contributed by atoms with Gasteiger partial charge in [0.25, 0.3) is 0 Å². The predicted molar refractivity (Wildman–Crippen MR) is 96.3 cm³/mol. The summed E-state index contributed by atoms with van der Waals surface area (Å²) in [5, 5.41) is 9.21. The maximum Gasteiger partial charge on any atom is 0.191 e. The molecule has 0 atom stereocenters. The molecule has 0 aliphatic carbocycles. The standard InChI is InChI=1S/C18H19F2N5S/c1-24(10-14-15(19)4-3-5-16(14)20)11-17-22-23-18(25(17)2)26-12-13-6-8-21-9-7-13/h3-9H,10-12H2,1-2H3. The lowest BCUT2D eigenvalue weighted by Gasteiger charge is -2.17. The van der Waals surface area contributed by atoms with E-state index in [0.717, 1.165) is 22.3 Å². The first kappa shape index (κ1) is 18.5.